The van der Waals surface area contributed by atoms with Crippen molar-refractivity contribution in [2.24, 2.45) is 0 Å². The summed E-state index contributed by atoms with van der Waals surface area (Å²) < 4.78 is 48.5. The molecule has 0 saturated carbocycles. The first-order chi connectivity index (χ1) is 50.5. The molecule has 118 heavy (non-hydrogen) atoms. The van der Waals surface area contributed by atoms with Crippen LogP contribution in [0.1, 0.15) is 99.6 Å². The second-order valence-corrected chi connectivity index (χ2v) is 27.9. The zero-order chi connectivity index (χ0) is 79.3. The third-order valence-corrected chi connectivity index (χ3v) is 17.8. The van der Waals surface area contributed by atoms with Gasteiger partial charge in [0.15, 0.2) is 0 Å². The maximum Gasteiger partial charge on any atom is 1.00 e. The number of aromatic carboxylic acids is 1. The number of hydrogen-bond acceptors (Lipinski definition) is 25. The molecule has 0 radical (unpaired) electrons. The van der Waals surface area contributed by atoms with E-state index >= 15 is 0 Å². The summed E-state index contributed by atoms with van der Waals surface area (Å²) in [6.07, 6.45) is 7.33. The van der Waals surface area contributed by atoms with E-state index in [1.165, 1.54) is 52.1 Å². The summed E-state index contributed by atoms with van der Waals surface area (Å²) in [5, 5.41) is 30.6. The van der Waals surface area contributed by atoms with Gasteiger partial charge in [-0.25, -0.2) is 8.42 Å². The molecule has 0 aliphatic heterocycles. The van der Waals surface area contributed by atoms with Crippen molar-refractivity contribution in [1.29, 1.82) is 0 Å². The zero-order valence-electron chi connectivity index (χ0n) is 71.7. The van der Waals surface area contributed by atoms with Crippen LogP contribution in [0.25, 0.3) is 56.4 Å². The minimum absolute atomic E-state index is 0. The van der Waals surface area contributed by atoms with Crippen LogP contribution < -0.4 is 645 Å². The molecule has 3 heterocycles. The molecule has 572 valence electrons. The van der Waals surface area contributed by atoms with Crippen molar-refractivity contribution in [3.05, 3.63) is 290 Å². The quantitative estimate of drug-likeness (QED) is 0.0413. The molecule has 0 aliphatic rings. The van der Waals surface area contributed by atoms with Crippen molar-refractivity contribution < 1.29 is 687 Å². The molecule has 0 amide bonds. The number of nitrogens with zero attached hydrogens (tertiary/aromatic N) is 9. The Morgan fingerprint density at radius 2 is 0.746 bits per heavy atom. The number of aromatic nitrogens is 9. The van der Waals surface area contributed by atoms with E-state index in [1.807, 2.05) is 180 Å². The number of aryl methyl sites for hydroxylation is 14. The molecule has 2 N–H and O–H groups in total. The van der Waals surface area contributed by atoms with Gasteiger partial charge in [-0.1, -0.05) is 225 Å². The number of hydrogen-bond donors (Lipinski definition) is 1. The number of carboxylic acids is 1. The first-order valence-corrected chi connectivity index (χ1v) is 36.1. The standard InChI is InChI=1S/C14H15O3P.C14H14O3S.C12H10N3O2.C11H10N3O.C11H10N3S.C10H14O.C9H12O.CO2.9Cs.H2O.H2S/c2*1-10-3-4-11(2)14(9-10)12-5-7-13(8-6-12)18(15,16)17;1-7-3-4-8(2)9(5-7)10-13-6-14-11(15-10)12(16)17;2*1-7-3-4-8(2)9(5-7)10-12-6-13-11(15)14-10;1-8-4-5-9(2)10(6-8)7-11-3;1-7-3-4-8(2)9(5-7)6-10;2-1-3;;;;;;;;;;;/h3-9H,1-2H3,(H2,15,16,17);3-9H,1-2H3,(H,15,16,17);3-5H,1-2H3,(H,16,17);2*3-5H,1-2H3,(H,12,13,14,15);4-6H,7H2,1-3H3;3-5,10H,6H2,1-2H3;;;;;;;;;;;2*1H2/q;;3*-1;;;;9*+1;;/p-8. The van der Waals surface area contributed by atoms with Crippen molar-refractivity contribution in [1.82, 2.24) is 44.9 Å². The van der Waals surface area contributed by atoms with Crippen LogP contribution in [0.5, 0.6) is 6.01 Å². The largest absolute Gasteiger partial charge is 1.00 e. The molecular weight excluding hydrogens is 2660 g/mol. The van der Waals surface area contributed by atoms with E-state index in [2.05, 4.69) is 108 Å². The van der Waals surface area contributed by atoms with Crippen molar-refractivity contribution in [3.63, 3.8) is 0 Å². The molecular formula is C82H81Cs9N9O14PS3-2. The number of aliphatic hydroxyl groups is 1. The summed E-state index contributed by atoms with van der Waals surface area (Å²) in [6.45, 7) is 28.9. The molecule has 0 unspecified atom stereocenters. The minimum atomic E-state index is -4.65. The van der Waals surface area contributed by atoms with E-state index in [1.54, 1.807) is 31.4 Å². The Morgan fingerprint density at radius 1 is 0.449 bits per heavy atom. The molecule has 23 nitrogen and oxygen atoms in total. The summed E-state index contributed by atoms with van der Waals surface area (Å²) in [7, 11) is -7.30. The monoisotopic (exact) mass is 2740 g/mol. The van der Waals surface area contributed by atoms with Crippen LogP contribution in [0, 0.1) is 116 Å². The number of ether oxygens (including phenoxy) is 1. The molecule has 0 aliphatic carbocycles. The van der Waals surface area contributed by atoms with Gasteiger partial charge in [0.25, 0.3) is 0 Å². The molecule has 12 aromatic rings. The topological polar surface area (TPSA) is 393 Å². The molecule has 3 aromatic heterocycles. The van der Waals surface area contributed by atoms with Crippen LogP contribution in [0.2, 0.25) is 0 Å². The van der Waals surface area contributed by atoms with Crippen molar-refractivity contribution in [3.8, 4) is 62.4 Å². The number of benzene rings is 9. The second-order valence-electron chi connectivity index (χ2n) is 24.6. The average molecular weight is 2740 g/mol. The summed E-state index contributed by atoms with van der Waals surface area (Å²) in [5.74, 6) is -0.570. The fraction of sp³-hybridized carbons (Fsp3) is 0.207. The van der Waals surface area contributed by atoms with Gasteiger partial charge in [-0.15, -0.1) is 5.16 Å². The Bertz CT molecular complexity index is 5160. The number of methoxy groups -OCH3 is 1. The molecule has 0 fully saturated rings. The first-order valence-electron chi connectivity index (χ1n) is 32.8. The second kappa shape index (κ2) is 73.8. The number of carbonyl (C=O) groups excluding carboxylic acids is 3. The van der Waals surface area contributed by atoms with Crippen LogP contribution in [-0.2, 0) is 68.3 Å². The fourth-order valence-electron chi connectivity index (χ4n) is 9.96. The van der Waals surface area contributed by atoms with Crippen LogP contribution in [0.3, 0.4) is 0 Å². The molecule has 12 rings (SSSR count). The Labute approximate surface area is 1240 Å². The Hall–Kier alpha value is 7.64. The minimum Gasteiger partial charge on any atom is -0.902 e. The maximum atomic E-state index is 11.0. The summed E-state index contributed by atoms with van der Waals surface area (Å²) in [5.41, 5.74) is 24.7. The Balaban J connectivity index is -0.000000240. The number of rotatable bonds is 11. The van der Waals surface area contributed by atoms with Gasteiger partial charge in [-0.2, -0.15) is 9.59 Å². The molecule has 0 bridgehead atoms. The van der Waals surface area contributed by atoms with E-state index in [9.17, 15) is 42.3 Å². The van der Waals surface area contributed by atoms with Crippen LogP contribution in [-0.4, -0.2) is 87.6 Å². The van der Waals surface area contributed by atoms with E-state index in [0.29, 0.717) is 24.1 Å². The summed E-state index contributed by atoms with van der Waals surface area (Å²) in [6, 6.07) is 54.0. The number of thiol groups is 1. The van der Waals surface area contributed by atoms with Crippen LogP contribution >= 0.6 is 7.60 Å². The third-order valence-electron chi connectivity index (χ3n) is 15.8. The van der Waals surface area contributed by atoms with Crippen LogP contribution in [0.4, 0.5) is 0 Å². The van der Waals surface area contributed by atoms with Crippen molar-refractivity contribution in [2.75, 3.05) is 7.11 Å². The van der Waals surface area contributed by atoms with E-state index in [0.717, 1.165) is 100 Å². The van der Waals surface area contributed by atoms with E-state index in [-0.39, 0.29) is 667 Å². The van der Waals surface area contributed by atoms with Gasteiger partial charge in [0, 0.05) is 43.6 Å². The molecule has 0 atom stereocenters. The van der Waals surface area contributed by atoms with E-state index < -0.39 is 35.5 Å². The van der Waals surface area contributed by atoms with E-state index in [4.69, 9.17) is 32.1 Å². The van der Waals surface area contributed by atoms with Gasteiger partial charge < -0.3 is 120 Å². The van der Waals surface area contributed by atoms with Crippen molar-refractivity contribution in [2.45, 2.75) is 120 Å². The predicted molar refractivity (Wildman–Crippen MR) is 412 cm³/mol. The number of carbonyl (C=O) groups is 1. The van der Waals surface area contributed by atoms with Gasteiger partial charge in [-0.05, 0) is 194 Å². The summed E-state index contributed by atoms with van der Waals surface area (Å²) in [4.78, 5) is 82.2. The SMILES string of the molecule is COCc1cc(C)ccc1C.Cc1ccc(C)c(-c2ccc(P(=O)([O-])[O-])cc2)c1.Cc1ccc(C)c(-c2ccc(S(=O)(=O)[O-])cc2)c1.Cc1ccc(C)c(-c2n[c-]nc(C(=O)[O-])n2)c1.Cc1ccc(C)c(-c2n[c-]nc([O-])n2)c1.Cc1ccc(C)c(-c2n[c-]nc([S-])n2)c1.Cc1ccc(C)c(CO)c1.O=C=O.[Cs+].[Cs+].[Cs+].[Cs+].[Cs+].[Cs+].[Cs+].[Cs+].[Cs+].[OH-].[SH-]. The Kier molecular flexibility index (Phi) is 86.8. The summed E-state index contributed by atoms with van der Waals surface area (Å²) >= 11 is 4.88. The van der Waals surface area contributed by atoms with Gasteiger partial charge in [0.2, 0.25) is 0 Å². The van der Waals surface area contributed by atoms with Gasteiger partial charge in [0.1, 0.15) is 10.1 Å². The smallest absolute Gasteiger partial charge is 0.902 e. The van der Waals surface area contributed by atoms with Crippen LogP contribution in [0.15, 0.2) is 186 Å². The fourth-order valence-corrected chi connectivity index (χ4v) is 11.1. The predicted octanol–water partition coefficient (Wildman–Crippen LogP) is -16.2. The third kappa shape index (κ3) is 51.7. The van der Waals surface area contributed by atoms with Gasteiger partial charge >= 0.3 is 626 Å². The Morgan fingerprint density at radius 3 is 1.07 bits per heavy atom. The maximum absolute atomic E-state index is 11.0. The first kappa shape index (κ1) is 139. The molecule has 36 heteroatoms. The number of carboxylic acid groups (broad SMARTS) is 1. The molecule has 0 spiro atoms. The number of aliphatic hydroxyl groups excluding tert-OH is 1. The molecule has 0 saturated heterocycles. The zero-order valence-corrected chi connectivity index (χ0v) is 132. The van der Waals surface area contributed by atoms with Crippen molar-refractivity contribution >= 4 is 61.3 Å². The van der Waals surface area contributed by atoms with Gasteiger partial charge in [-0.3, -0.25) is 0 Å². The normalized spacial score (nSPS) is 9.45. The average Bonchev–Trinajstić information content (AvgIpc) is 0.855. The molecule has 9 aromatic carbocycles. The van der Waals surface area contributed by atoms with Gasteiger partial charge in [0.05, 0.1) is 29.9 Å².